The van der Waals surface area contributed by atoms with E-state index in [1.54, 1.807) is 18.2 Å². The van der Waals surface area contributed by atoms with E-state index in [0.717, 1.165) is 30.2 Å². The minimum atomic E-state index is -4.48. The van der Waals surface area contributed by atoms with Crippen molar-refractivity contribution in [2.75, 3.05) is 0 Å². The van der Waals surface area contributed by atoms with E-state index in [9.17, 15) is 18.0 Å². The lowest BCUT2D eigenvalue weighted by atomic mass is 10.1. The standard InChI is InChI=1S/C16H13F3O2/c1-2-11-4-3-5-14(8-11)21-15-9-13(16(17,18)19)7-6-12(15)10-20/h3-10H,2H2,1H3. The Bertz CT molecular complexity index is 648. The molecule has 0 N–H and O–H groups in total. The van der Waals surface area contributed by atoms with E-state index >= 15 is 0 Å². The van der Waals surface area contributed by atoms with E-state index in [1.807, 2.05) is 13.0 Å². The number of alkyl halides is 3. The van der Waals surface area contributed by atoms with E-state index in [1.165, 1.54) is 0 Å². The second-order valence-corrected chi connectivity index (χ2v) is 4.47. The number of aryl methyl sites for hydroxylation is 1. The monoisotopic (exact) mass is 294 g/mol. The maximum Gasteiger partial charge on any atom is 0.416 e. The van der Waals surface area contributed by atoms with Crippen molar-refractivity contribution in [3.05, 3.63) is 59.2 Å². The minimum Gasteiger partial charge on any atom is -0.457 e. The third kappa shape index (κ3) is 3.62. The number of carbonyl (C=O) groups is 1. The third-order valence-corrected chi connectivity index (χ3v) is 3.00. The van der Waals surface area contributed by atoms with Crippen molar-refractivity contribution in [2.45, 2.75) is 19.5 Å². The fraction of sp³-hybridized carbons (Fsp3) is 0.188. The van der Waals surface area contributed by atoms with Gasteiger partial charge in [0, 0.05) is 0 Å². The lowest BCUT2D eigenvalue weighted by Gasteiger charge is -2.12. The first-order valence-electron chi connectivity index (χ1n) is 6.37. The highest BCUT2D eigenvalue weighted by Crippen LogP contribution is 2.34. The average molecular weight is 294 g/mol. The second-order valence-electron chi connectivity index (χ2n) is 4.47. The molecule has 0 fully saturated rings. The maximum absolute atomic E-state index is 12.7. The quantitative estimate of drug-likeness (QED) is 0.752. The number of aldehydes is 1. The molecule has 110 valence electrons. The normalized spacial score (nSPS) is 11.2. The number of rotatable bonds is 4. The van der Waals surface area contributed by atoms with Gasteiger partial charge in [0.1, 0.15) is 11.5 Å². The molecule has 21 heavy (non-hydrogen) atoms. The zero-order valence-electron chi connectivity index (χ0n) is 11.3. The number of hydrogen-bond donors (Lipinski definition) is 0. The molecule has 2 nitrogen and oxygen atoms in total. The molecule has 0 aliphatic carbocycles. The molecule has 2 rings (SSSR count). The van der Waals surface area contributed by atoms with Crippen LogP contribution in [0.15, 0.2) is 42.5 Å². The van der Waals surface area contributed by atoms with Crippen LogP contribution in [-0.2, 0) is 12.6 Å². The fourth-order valence-electron chi connectivity index (χ4n) is 1.85. The Labute approximate surface area is 120 Å². The second kappa shape index (κ2) is 5.99. The molecule has 0 heterocycles. The highest BCUT2D eigenvalue weighted by atomic mass is 19.4. The Morgan fingerprint density at radius 2 is 1.90 bits per heavy atom. The Morgan fingerprint density at radius 3 is 2.52 bits per heavy atom. The summed E-state index contributed by atoms with van der Waals surface area (Å²) in [5.74, 6) is 0.296. The number of carbonyl (C=O) groups excluding carboxylic acids is 1. The molecule has 2 aromatic carbocycles. The van der Waals surface area contributed by atoms with Gasteiger partial charge in [-0.05, 0) is 42.3 Å². The summed E-state index contributed by atoms with van der Waals surface area (Å²) in [6.45, 7) is 1.96. The van der Waals surface area contributed by atoms with Gasteiger partial charge in [-0.2, -0.15) is 13.2 Å². The van der Waals surface area contributed by atoms with E-state index in [4.69, 9.17) is 4.74 Å². The highest BCUT2D eigenvalue weighted by molar-refractivity contribution is 5.79. The number of hydrogen-bond acceptors (Lipinski definition) is 2. The lowest BCUT2D eigenvalue weighted by molar-refractivity contribution is -0.137. The summed E-state index contributed by atoms with van der Waals surface area (Å²) in [6, 6.07) is 9.81. The smallest absolute Gasteiger partial charge is 0.416 e. The van der Waals surface area contributed by atoms with Crippen LogP contribution in [0.5, 0.6) is 11.5 Å². The maximum atomic E-state index is 12.7. The van der Waals surface area contributed by atoms with Crippen molar-refractivity contribution in [1.82, 2.24) is 0 Å². The van der Waals surface area contributed by atoms with Crippen molar-refractivity contribution in [3.63, 3.8) is 0 Å². The number of halogens is 3. The van der Waals surface area contributed by atoms with Crippen molar-refractivity contribution >= 4 is 6.29 Å². The first kappa shape index (κ1) is 15.1. The summed E-state index contributed by atoms with van der Waals surface area (Å²) >= 11 is 0. The summed E-state index contributed by atoms with van der Waals surface area (Å²) in [4.78, 5) is 10.9. The van der Waals surface area contributed by atoms with Crippen LogP contribution in [0.2, 0.25) is 0 Å². The average Bonchev–Trinajstić information content (AvgIpc) is 2.46. The van der Waals surface area contributed by atoms with Gasteiger partial charge in [0.05, 0.1) is 11.1 Å². The molecule has 0 amide bonds. The molecule has 0 aliphatic heterocycles. The zero-order chi connectivity index (χ0) is 15.5. The minimum absolute atomic E-state index is 0.0740. The molecule has 0 saturated carbocycles. The molecule has 0 aromatic heterocycles. The van der Waals surface area contributed by atoms with Crippen molar-refractivity contribution in [1.29, 1.82) is 0 Å². The molecular formula is C16H13F3O2. The molecule has 0 aliphatic rings. The molecule has 0 spiro atoms. The van der Waals surface area contributed by atoms with Gasteiger partial charge in [-0.25, -0.2) is 0 Å². The predicted octanol–water partition coefficient (Wildman–Crippen LogP) is 4.87. The van der Waals surface area contributed by atoms with Gasteiger partial charge in [0.2, 0.25) is 0 Å². The third-order valence-electron chi connectivity index (χ3n) is 3.00. The molecule has 5 heteroatoms. The van der Waals surface area contributed by atoms with Crippen molar-refractivity contribution in [2.24, 2.45) is 0 Å². The van der Waals surface area contributed by atoms with Crippen LogP contribution in [0.4, 0.5) is 13.2 Å². The van der Waals surface area contributed by atoms with Crippen LogP contribution in [0, 0.1) is 0 Å². The molecular weight excluding hydrogens is 281 g/mol. The van der Waals surface area contributed by atoms with E-state index < -0.39 is 11.7 Å². The Hall–Kier alpha value is -2.30. The van der Waals surface area contributed by atoms with Gasteiger partial charge in [-0.3, -0.25) is 4.79 Å². The van der Waals surface area contributed by atoms with Crippen LogP contribution in [0.1, 0.15) is 28.4 Å². The lowest BCUT2D eigenvalue weighted by Crippen LogP contribution is -2.05. The van der Waals surface area contributed by atoms with E-state index in [0.29, 0.717) is 12.0 Å². The molecule has 0 unspecified atom stereocenters. The Kier molecular flexibility index (Phi) is 4.31. The first-order valence-corrected chi connectivity index (χ1v) is 6.37. The molecule has 0 radical (unpaired) electrons. The Morgan fingerprint density at radius 1 is 1.14 bits per heavy atom. The van der Waals surface area contributed by atoms with E-state index in [2.05, 4.69) is 0 Å². The van der Waals surface area contributed by atoms with Crippen molar-refractivity contribution in [3.8, 4) is 11.5 Å². The van der Waals surface area contributed by atoms with Crippen LogP contribution in [0.25, 0.3) is 0 Å². The predicted molar refractivity (Wildman–Crippen MR) is 72.7 cm³/mol. The van der Waals surface area contributed by atoms with Gasteiger partial charge in [-0.1, -0.05) is 19.1 Å². The van der Waals surface area contributed by atoms with Gasteiger partial charge in [-0.15, -0.1) is 0 Å². The molecule has 0 atom stereocenters. The summed E-state index contributed by atoms with van der Waals surface area (Å²) < 4.78 is 43.6. The molecule has 2 aromatic rings. The SMILES string of the molecule is CCc1cccc(Oc2cc(C(F)(F)F)ccc2C=O)c1. The number of ether oxygens (including phenoxy) is 1. The van der Waals surface area contributed by atoms with Gasteiger partial charge >= 0.3 is 6.18 Å². The Balaban J connectivity index is 2.39. The van der Waals surface area contributed by atoms with Gasteiger partial charge in [0.15, 0.2) is 6.29 Å². The summed E-state index contributed by atoms with van der Waals surface area (Å²) in [6.07, 6.45) is -3.23. The van der Waals surface area contributed by atoms with Crippen LogP contribution < -0.4 is 4.74 Å². The van der Waals surface area contributed by atoms with Gasteiger partial charge in [0.25, 0.3) is 0 Å². The van der Waals surface area contributed by atoms with Crippen LogP contribution >= 0.6 is 0 Å². The first-order chi connectivity index (χ1) is 9.94. The van der Waals surface area contributed by atoms with Crippen LogP contribution in [0.3, 0.4) is 0 Å². The molecule has 0 bridgehead atoms. The number of benzene rings is 2. The molecule has 0 saturated heterocycles. The summed E-state index contributed by atoms with van der Waals surface area (Å²) in [7, 11) is 0. The summed E-state index contributed by atoms with van der Waals surface area (Å²) in [5, 5.41) is 0. The fourth-order valence-corrected chi connectivity index (χ4v) is 1.85. The highest BCUT2D eigenvalue weighted by Gasteiger charge is 2.31. The zero-order valence-corrected chi connectivity index (χ0v) is 11.3. The van der Waals surface area contributed by atoms with Gasteiger partial charge < -0.3 is 4.74 Å². The van der Waals surface area contributed by atoms with E-state index in [-0.39, 0.29) is 11.3 Å². The summed E-state index contributed by atoms with van der Waals surface area (Å²) in [5.41, 5.74) is 0.215. The van der Waals surface area contributed by atoms with Crippen LogP contribution in [-0.4, -0.2) is 6.29 Å². The largest absolute Gasteiger partial charge is 0.457 e. The van der Waals surface area contributed by atoms with Crippen molar-refractivity contribution < 1.29 is 22.7 Å². The topological polar surface area (TPSA) is 26.3 Å².